The van der Waals surface area contributed by atoms with Crippen LogP contribution in [0.4, 0.5) is 0 Å². The molecule has 0 amide bonds. The molecule has 0 aromatic heterocycles. The number of aliphatic hydroxyl groups is 8. The lowest BCUT2D eigenvalue weighted by molar-refractivity contribution is -0.338. The van der Waals surface area contributed by atoms with E-state index < -0.39 is 79.9 Å². The van der Waals surface area contributed by atoms with Crippen molar-refractivity contribution >= 4 is 5.97 Å². The number of hydrogen-bond donors (Lipinski definition) is 9. The highest BCUT2D eigenvalue weighted by Gasteiger charge is 2.53. The molecule has 1 aromatic rings. The van der Waals surface area contributed by atoms with E-state index >= 15 is 0 Å². The number of phenols is 1. The molecule has 9 N–H and O–H groups in total. The van der Waals surface area contributed by atoms with Crippen molar-refractivity contribution in [3.63, 3.8) is 0 Å². The number of hydrogen-bond acceptors (Lipinski definition) is 14. The van der Waals surface area contributed by atoms with Crippen LogP contribution in [0.5, 0.6) is 11.5 Å². The van der Waals surface area contributed by atoms with Gasteiger partial charge in [0, 0.05) is 6.07 Å². The van der Waals surface area contributed by atoms with Gasteiger partial charge in [-0.15, -0.1) is 0 Å². The van der Waals surface area contributed by atoms with E-state index in [0.717, 1.165) is 0 Å². The van der Waals surface area contributed by atoms with Crippen LogP contribution in [0.15, 0.2) is 12.1 Å². The van der Waals surface area contributed by atoms with E-state index in [4.69, 9.17) is 18.9 Å². The van der Waals surface area contributed by atoms with Crippen LogP contribution in [-0.2, 0) is 14.2 Å². The average Bonchev–Trinajstić information content (AvgIpc) is 2.82. The summed E-state index contributed by atoms with van der Waals surface area (Å²) >= 11 is 0. The van der Waals surface area contributed by atoms with Crippen molar-refractivity contribution in [1.82, 2.24) is 0 Å². The molecule has 2 fully saturated rings. The summed E-state index contributed by atoms with van der Waals surface area (Å²) in [5.74, 6) is -1.22. The Morgan fingerprint density at radius 3 is 1.97 bits per heavy atom. The van der Waals surface area contributed by atoms with Crippen molar-refractivity contribution in [2.75, 3.05) is 13.7 Å². The third kappa shape index (κ3) is 5.22. The summed E-state index contributed by atoms with van der Waals surface area (Å²) in [6.45, 7) is 0.669. The maximum atomic E-state index is 12.8. The summed E-state index contributed by atoms with van der Waals surface area (Å²) in [5, 5.41) is 90.3. The fourth-order valence-electron chi connectivity index (χ4n) is 4.16. The molecule has 1 heterocycles. The topological polar surface area (TPSA) is 236 Å². The molecule has 1 saturated heterocycles. The van der Waals surface area contributed by atoms with Crippen molar-refractivity contribution < 1.29 is 69.7 Å². The van der Waals surface area contributed by atoms with Gasteiger partial charge < -0.3 is 64.9 Å². The van der Waals surface area contributed by atoms with Gasteiger partial charge in [0.05, 0.1) is 13.7 Å². The predicted octanol–water partition coefficient (Wildman–Crippen LogP) is -4.12. The van der Waals surface area contributed by atoms with Gasteiger partial charge in [-0.25, -0.2) is 4.79 Å². The first-order chi connectivity index (χ1) is 16.4. The SMILES string of the molecule is COc1cc(O)cc(C)c1C(=O)O[C@@H]1[C@H](O)[C@@H](O)[C@@H](OC2[C@@H](O)[C@H](O)C(O)[C@H](O)[C@@H]2O)O[C@@H]1CO. The van der Waals surface area contributed by atoms with Gasteiger partial charge in [0.2, 0.25) is 0 Å². The van der Waals surface area contributed by atoms with E-state index in [1.807, 2.05) is 0 Å². The number of esters is 1. The molecule has 1 saturated carbocycles. The molecule has 14 heteroatoms. The summed E-state index contributed by atoms with van der Waals surface area (Å²) in [6, 6.07) is 2.44. The Hall–Kier alpha value is -2.11. The molecular weight excluding hydrogens is 476 g/mol. The van der Waals surface area contributed by atoms with Gasteiger partial charge in [0.15, 0.2) is 12.4 Å². The molecule has 11 atom stereocenters. The summed E-state index contributed by atoms with van der Waals surface area (Å²) in [4.78, 5) is 12.8. The molecule has 0 radical (unpaired) electrons. The fourth-order valence-corrected chi connectivity index (χ4v) is 4.16. The highest BCUT2D eigenvalue weighted by atomic mass is 16.7. The maximum Gasteiger partial charge on any atom is 0.342 e. The van der Waals surface area contributed by atoms with E-state index in [9.17, 15) is 50.8 Å². The first-order valence-corrected chi connectivity index (χ1v) is 10.7. The molecule has 2 aliphatic rings. The molecule has 35 heavy (non-hydrogen) atoms. The predicted molar refractivity (Wildman–Crippen MR) is 111 cm³/mol. The third-order valence-corrected chi connectivity index (χ3v) is 6.14. The van der Waals surface area contributed by atoms with Gasteiger partial charge in [-0.1, -0.05) is 0 Å². The minimum Gasteiger partial charge on any atom is -0.508 e. The van der Waals surface area contributed by atoms with E-state index in [0.29, 0.717) is 0 Å². The number of carbonyl (C=O) groups is 1. The first kappa shape index (κ1) is 27.5. The Kier molecular flexibility index (Phi) is 8.54. The Bertz CT molecular complexity index is 877. The number of aliphatic hydroxyl groups excluding tert-OH is 8. The Morgan fingerprint density at radius 2 is 1.43 bits per heavy atom. The smallest absolute Gasteiger partial charge is 0.342 e. The van der Waals surface area contributed by atoms with Gasteiger partial charge in [-0.3, -0.25) is 0 Å². The van der Waals surface area contributed by atoms with Crippen LogP contribution in [0.25, 0.3) is 0 Å². The van der Waals surface area contributed by atoms with Crippen LogP contribution in [0.3, 0.4) is 0 Å². The van der Waals surface area contributed by atoms with Crippen molar-refractivity contribution in [2.45, 2.75) is 74.3 Å². The van der Waals surface area contributed by atoms with Crippen LogP contribution in [0.2, 0.25) is 0 Å². The molecule has 14 nitrogen and oxygen atoms in total. The third-order valence-electron chi connectivity index (χ3n) is 6.14. The van der Waals surface area contributed by atoms with Crippen molar-refractivity contribution in [2.24, 2.45) is 0 Å². The molecular formula is C21H30O14. The van der Waals surface area contributed by atoms with Gasteiger partial charge in [0.1, 0.15) is 72.0 Å². The zero-order chi connectivity index (χ0) is 26.2. The van der Waals surface area contributed by atoms with Crippen molar-refractivity contribution in [3.05, 3.63) is 23.3 Å². The van der Waals surface area contributed by atoms with E-state index in [2.05, 4.69) is 0 Å². The summed E-state index contributed by atoms with van der Waals surface area (Å²) < 4.78 is 21.1. The number of aromatic hydroxyl groups is 1. The molecule has 2 unspecified atom stereocenters. The maximum absolute atomic E-state index is 12.8. The monoisotopic (exact) mass is 506 g/mol. The number of ether oxygens (including phenoxy) is 4. The summed E-state index contributed by atoms with van der Waals surface area (Å²) in [6.07, 6.45) is -20.0. The minimum absolute atomic E-state index is 0.0272. The van der Waals surface area contributed by atoms with Crippen LogP contribution >= 0.6 is 0 Å². The van der Waals surface area contributed by atoms with Crippen LogP contribution in [-0.4, -0.2) is 133 Å². The van der Waals surface area contributed by atoms with Crippen LogP contribution < -0.4 is 4.74 Å². The van der Waals surface area contributed by atoms with Crippen LogP contribution in [0, 0.1) is 6.92 Å². The second-order valence-corrected chi connectivity index (χ2v) is 8.47. The zero-order valence-electron chi connectivity index (χ0n) is 18.8. The van der Waals surface area contributed by atoms with E-state index in [1.165, 1.54) is 26.2 Å². The zero-order valence-corrected chi connectivity index (χ0v) is 18.8. The van der Waals surface area contributed by atoms with Gasteiger partial charge >= 0.3 is 5.97 Å². The number of carbonyl (C=O) groups excluding carboxylic acids is 1. The Balaban J connectivity index is 1.78. The molecule has 0 spiro atoms. The largest absolute Gasteiger partial charge is 0.508 e. The van der Waals surface area contributed by atoms with Gasteiger partial charge in [0.25, 0.3) is 0 Å². The number of phenolic OH excluding ortho intramolecular Hbond substituents is 1. The Labute approximate surface area is 199 Å². The van der Waals surface area contributed by atoms with Crippen LogP contribution in [0.1, 0.15) is 15.9 Å². The normalized spacial score (nSPS) is 39.8. The molecule has 1 aliphatic heterocycles. The second-order valence-electron chi connectivity index (χ2n) is 8.47. The lowest BCUT2D eigenvalue weighted by Gasteiger charge is -2.46. The molecule has 198 valence electrons. The first-order valence-electron chi connectivity index (χ1n) is 10.7. The second kappa shape index (κ2) is 10.9. The Morgan fingerprint density at radius 1 is 0.886 bits per heavy atom. The van der Waals surface area contributed by atoms with Crippen molar-refractivity contribution in [1.29, 1.82) is 0 Å². The van der Waals surface area contributed by atoms with Crippen molar-refractivity contribution in [3.8, 4) is 11.5 Å². The lowest BCUT2D eigenvalue weighted by atomic mass is 9.84. The number of rotatable bonds is 6. The van der Waals surface area contributed by atoms with E-state index in [1.54, 1.807) is 0 Å². The van der Waals surface area contributed by atoms with Gasteiger partial charge in [-0.2, -0.15) is 0 Å². The molecule has 1 aromatic carbocycles. The summed E-state index contributed by atoms with van der Waals surface area (Å²) in [5.41, 5.74) is 0.192. The minimum atomic E-state index is -1.95. The lowest BCUT2D eigenvalue weighted by Crippen LogP contribution is -2.67. The summed E-state index contributed by atoms with van der Waals surface area (Å²) in [7, 11) is 1.26. The molecule has 1 aliphatic carbocycles. The number of methoxy groups -OCH3 is 1. The van der Waals surface area contributed by atoms with E-state index in [-0.39, 0.29) is 22.6 Å². The molecule has 3 rings (SSSR count). The highest BCUT2D eigenvalue weighted by molar-refractivity contribution is 5.94. The highest BCUT2D eigenvalue weighted by Crippen LogP contribution is 2.32. The average molecular weight is 506 g/mol. The number of aryl methyl sites for hydroxylation is 1. The number of benzene rings is 1. The fraction of sp³-hybridized carbons (Fsp3) is 0.667. The van der Waals surface area contributed by atoms with Gasteiger partial charge in [-0.05, 0) is 18.6 Å². The standard InChI is InChI=1S/C21H30O14/c1-6-3-7(23)4-8(32-2)10(6)20(31)34-18-9(5-22)33-21(17(30)16(18)29)35-19-14(27)12(25)11(24)13(26)15(19)28/h3-4,9,11-19,21-30H,5H2,1-2H3/t9-,11?,12-,13+,14+,15+,16-,17-,18+,19?,21-/m1/s1. The molecule has 0 bridgehead atoms. The quantitative estimate of drug-likeness (QED) is 0.167.